The summed E-state index contributed by atoms with van der Waals surface area (Å²) < 4.78 is 41.1. The largest absolute Gasteiger partial charge is 1.00 e. The Bertz CT molecular complexity index is 1100. The van der Waals surface area contributed by atoms with Gasteiger partial charge in [0.05, 0.1) is 30.3 Å². The van der Waals surface area contributed by atoms with Crippen LogP contribution in [0, 0.1) is 11.8 Å². The summed E-state index contributed by atoms with van der Waals surface area (Å²) in [5, 5.41) is 2.97. The fourth-order valence-corrected chi connectivity index (χ4v) is 4.52. The molecule has 38 heavy (non-hydrogen) atoms. The third-order valence-corrected chi connectivity index (χ3v) is 6.93. The van der Waals surface area contributed by atoms with E-state index in [0.29, 0.717) is 35.5 Å². The average Bonchev–Trinajstić information content (AvgIpc) is 2.85. The average molecular weight is 597 g/mol. The Kier molecular flexibility index (Phi) is 16.2. The molecule has 13 heteroatoms. The van der Waals surface area contributed by atoms with E-state index in [1.165, 1.54) is 4.90 Å². The fraction of sp³-hybridized carbons (Fsp3) is 0.440. The molecule has 206 valence electrons. The van der Waals surface area contributed by atoms with Gasteiger partial charge in [-0.15, -0.1) is 0 Å². The molecule has 1 saturated carbocycles. The number of nitrogens with one attached hydrogen (secondary N) is 1. The number of rotatable bonds is 11. The minimum atomic E-state index is -4.10. The van der Waals surface area contributed by atoms with Gasteiger partial charge in [0.15, 0.2) is 0 Å². The topological polar surface area (TPSA) is 154 Å². The van der Waals surface area contributed by atoms with Gasteiger partial charge in [-0.25, -0.2) is 9.69 Å². The summed E-state index contributed by atoms with van der Waals surface area (Å²) in [6, 6.07) is 16.3. The van der Waals surface area contributed by atoms with Crippen molar-refractivity contribution in [3.05, 3.63) is 59.6 Å². The molecule has 0 aliphatic heterocycles. The number of carbonyl (C=O) groups is 2. The van der Waals surface area contributed by atoms with Crippen LogP contribution in [0.15, 0.2) is 54.6 Å². The van der Waals surface area contributed by atoms with E-state index in [9.17, 15) is 18.0 Å². The zero-order valence-electron chi connectivity index (χ0n) is 22.3. The molecular weight excluding hydrogens is 563 g/mol. The van der Waals surface area contributed by atoms with Gasteiger partial charge in [-0.1, -0.05) is 29.8 Å². The number of hydrogen-bond acceptors (Lipinski definition) is 6. The normalized spacial score (nSPS) is 16.9. The number of nitrogens with zero attached hydrogens (tertiary/aromatic N) is 1. The Morgan fingerprint density at radius 2 is 1.53 bits per heavy atom. The second-order valence-corrected chi connectivity index (χ2v) is 10.8. The van der Waals surface area contributed by atoms with E-state index in [-0.39, 0.29) is 77.4 Å². The first-order chi connectivity index (χ1) is 17.2. The Balaban J connectivity index is 0.00000481. The van der Waals surface area contributed by atoms with E-state index in [4.69, 9.17) is 25.6 Å². The van der Waals surface area contributed by atoms with E-state index in [1.54, 1.807) is 24.3 Å². The summed E-state index contributed by atoms with van der Waals surface area (Å²) in [6.45, 7) is 0.420. The van der Waals surface area contributed by atoms with Crippen LogP contribution in [-0.4, -0.2) is 62.6 Å². The van der Waals surface area contributed by atoms with Gasteiger partial charge in [0.2, 0.25) is 5.91 Å². The third-order valence-electron chi connectivity index (χ3n) is 5.96. The molecule has 0 aromatic heterocycles. The standard InChI is InChI=1S/C25H31ClN2O7S.K.H2O.H/c26-21-10-12-23(13-11-21)28(22-4-2-1-3-5-22)25(30)35-17-20-8-6-19(7-9-20)16-34-18-24(29)27-14-15-36(31,32)33;;;/h1-5,10-13,19-20H,6-9,14-18H2,(H,27,29)(H,31,32,33);;1H2;/q;+1;;-1. The maximum atomic E-state index is 13.0. The van der Waals surface area contributed by atoms with E-state index in [1.807, 2.05) is 30.3 Å². The van der Waals surface area contributed by atoms with Gasteiger partial charge in [-0.2, -0.15) is 8.42 Å². The van der Waals surface area contributed by atoms with Crippen molar-refractivity contribution in [2.45, 2.75) is 25.7 Å². The molecular formula is C25H34ClKN2O8S. The van der Waals surface area contributed by atoms with Crippen LogP contribution in [0.5, 0.6) is 0 Å². The van der Waals surface area contributed by atoms with Crippen molar-refractivity contribution in [1.82, 2.24) is 5.32 Å². The minimum absolute atomic E-state index is 0. The molecule has 0 spiro atoms. The van der Waals surface area contributed by atoms with Crippen LogP contribution >= 0.6 is 11.6 Å². The molecule has 3 rings (SSSR count). The maximum Gasteiger partial charge on any atom is 1.00 e. The number of benzene rings is 2. The van der Waals surface area contributed by atoms with Crippen molar-refractivity contribution in [1.29, 1.82) is 0 Å². The number of halogens is 1. The van der Waals surface area contributed by atoms with Crippen molar-refractivity contribution in [2.24, 2.45) is 11.8 Å². The molecule has 1 fully saturated rings. The molecule has 0 saturated heterocycles. The smallest absolute Gasteiger partial charge is 1.00 e. The van der Waals surface area contributed by atoms with Gasteiger partial charge < -0.3 is 21.7 Å². The molecule has 10 nitrogen and oxygen atoms in total. The molecule has 0 heterocycles. The first kappa shape index (κ1) is 35.0. The zero-order valence-corrected chi connectivity index (χ0v) is 26.0. The van der Waals surface area contributed by atoms with Crippen molar-refractivity contribution in [2.75, 3.05) is 37.0 Å². The number of hydrogen-bond donors (Lipinski definition) is 2. The molecule has 1 aliphatic rings. The van der Waals surface area contributed by atoms with E-state index < -0.39 is 27.9 Å². The van der Waals surface area contributed by atoms with E-state index >= 15 is 0 Å². The Morgan fingerprint density at radius 1 is 0.974 bits per heavy atom. The van der Waals surface area contributed by atoms with Crippen LogP contribution in [0.3, 0.4) is 0 Å². The summed E-state index contributed by atoms with van der Waals surface area (Å²) in [7, 11) is -4.10. The number of amides is 2. The van der Waals surface area contributed by atoms with Crippen LogP contribution < -0.4 is 61.6 Å². The molecule has 2 amide bonds. The van der Waals surface area contributed by atoms with Crippen LogP contribution in [0.25, 0.3) is 0 Å². The number of ether oxygens (including phenoxy) is 2. The third kappa shape index (κ3) is 12.4. The van der Waals surface area contributed by atoms with Gasteiger partial charge in [-0.05, 0) is 73.9 Å². The minimum Gasteiger partial charge on any atom is -1.00 e. The predicted octanol–water partition coefficient (Wildman–Crippen LogP) is 0.734. The first-order valence-corrected chi connectivity index (χ1v) is 13.8. The van der Waals surface area contributed by atoms with Crippen molar-refractivity contribution in [3.8, 4) is 0 Å². The Labute approximate surface area is 272 Å². The van der Waals surface area contributed by atoms with Crippen LogP contribution in [0.2, 0.25) is 5.02 Å². The first-order valence-electron chi connectivity index (χ1n) is 11.8. The summed E-state index contributed by atoms with van der Waals surface area (Å²) >= 11 is 6.01. The maximum absolute atomic E-state index is 13.0. The van der Waals surface area contributed by atoms with Crippen molar-refractivity contribution < 1.29 is 90.3 Å². The SMILES string of the molecule is O.O=C(COCC1CCC(COC(=O)N(c2ccccc2)c2ccc(Cl)cc2)CC1)NCCS(=O)(=O)O.[H-].[K+]. The van der Waals surface area contributed by atoms with Gasteiger partial charge >= 0.3 is 57.5 Å². The second kappa shape index (κ2) is 17.6. The van der Waals surface area contributed by atoms with Gasteiger partial charge in [0.25, 0.3) is 10.1 Å². The number of para-hydroxylation sites is 1. The molecule has 0 bridgehead atoms. The molecule has 2 aromatic rings. The summed E-state index contributed by atoms with van der Waals surface area (Å²) in [5.41, 5.74) is 1.37. The van der Waals surface area contributed by atoms with Gasteiger partial charge in [0, 0.05) is 11.6 Å². The number of carbonyl (C=O) groups excluding carboxylic acids is 2. The quantitative estimate of drug-likeness (QED) is 0.286. The summed E-state index contributed by atoms with van der Waals surface area (Å²) in [6.07, 6.45) is 3.11. The van der Waals surface area contributed by atoms with Crippen LogP contribution in [0.1, 0.15) is 27.1 Å². The van der Waals surface area contributed by atoms with Crippen LogP contribution in [-0.2, 0) is 24.4 Å². The zero-order chi connectivity index (χ0) is 26.0. The Morgan fingerprint density at radius 3 is 2.11 bits per heavy atom. The van der Waals surface area contributed by atoms with Gasteiger partial charge in [-0.3, -0.25) is 9.35 Å². The second-order valence-electron chi connectivity index (χ2n) is 8.76. The summed E-state index contributed by atoms with van der Waals surface area (Å²) in [4.78, 5) is 26.2. The molecule has 0 radical (unpaired) electrons. The molecule has 4 N–H and O–H groups in total. The summed E-state index contributed by atoms with van der Waals surface area (Å²) in [5.74, 6) is -0.409. The Hall–Kier alpha value is -1.06. The fourth-order valence-electron chi connectivity index (χ4n) is 4.03. The predicted molar refractivity (Wildman–Crippen MR) is 142 cm³/mol. The van der Waals surface area contributed by atoms with Crippen molar-refractivity contribution >= 4 is 45.1 Å². The van der Waals surface area contributed by atoms with E-state index in [2.05, 4.69) is 5.32 Å². The van der Waals surface area contributed by atoms with E-state index in [0.717, 1.165) is 25.7 Å². The van der Waals surface area contributed by atoms with Crippen LogP contribution in [0.4, 0.5) is 16.2 Å². The monoisotopic (exact) mass is 596 g/mol. The molecule has 2 aromatic carbocycles. The van der Waals surface area contributed by atoms with Crippen molar-refractivity contribution in [3.63, 3.8) is 0 Å². The number of anilines is 2. The van der Waals surface area contributed by atoms with Gasteiger partial charge in [0.1, 0.15) is 6.61 Å². The molecule has 0 unspecified atom stereocenters. The molecule has 0 atom stereocenters. The molecule has 1 aliphatic carbocycles.